The monoisotopic (exact) mass is 245 g/mol. The number of aromatic nitrogens is 1. The zero-order valence-electron chi connectivity index (χ0n) is 10.1. The Morgan fingerprint density at radius 3 is 2.72 bits per heavy atom. The van der Waals surface area contributed by atoms with Gasteiger partial charge < -0.3 is 15.6 Å². The largest absolute Gasteiger partial charge is 0.361 e. The Morgan fingerprint density at radius 1 is 1.17 bits per heavy atom. The molecule has 18 heavy (non-hydrogen) atoms. The molecule has 0 aliphatic carbocycles. The van der Waals surface area contributed by atoms with E-state index in [0.717, 1.165) is 10.9 Å². The van der Waals surface area contributed by atoms with Crippen LogP contribution in [0.1, 0.15) is 17.3 Å². The van der Waals surface area contributed by atoms with E-state index < -0.39 is 0 Å². The van der Waals surface area contributed by atoms with E-state index in [0.29, 0.717) is 18.7 Å². The Labute approximate surface area is 105 Å². The number of nitrogens with one attached hydrogen (secondary N) is 3. The summed E-state index contributed by atoms with van der Waals surface area (Å²) in [7, 11) is 0. The molecule has 1 aromatic carbocycles. The Bertz CT molecular complexity index is 574. The Kier molecular flexibility index (Phi) is 3.62. The maximum Gasteiger partial charge on any atom is 0.251 e. The molecule has 0 saturated heterocycles. The minimum absolute atomic E-state index is 0.0999. The molecule has 1 aromatic heterocycles. The number of H-pyrrole nitrogens is 1. The van der Waals surface area contributed by atoms with Crippen molar-refractivity contribution in [1.82, 2.24) is 15.6 Å². The number of amides is 2. The lowest BCUT2D eigenvalue weighted by atomic mass is 10.1. The minimum atomic E-state index is -0.142. The average molecular weight is 245 g/mol. The van der Waals surface area contributed by atoms with Gasteiger partial charge in [0.15, 0.2) is 0 Å². The third kappa shape index (κ3) is 2.88. The number of aromatic amines is 1. The molecule has 0 bridgehead atoms. The van der Waals surface area contributed by atoms with Crippen LogP contribution in [0.3, 0.4) is 0 Å². The molecule has 0 fully saturated rings. The quantitative estimate of drug-likeness (QED) is 0.704. The Balaban J connectivity index is 1.93. The first-order valence-electron chi connectivity index (χ1n) is 5.76. The lowest BCUT2D eigenvalue weighted by Crippen LogP contribution is -2.33. The summed E-state index contributed by atoms with van der Waals surface area (Å²) in [5, 5.41) is 6.44. The predicted octanol–water partition coefficient (Wildman–Crippen LogP) is 1.03. The fraction of sp³-hybridized carbons (Fsp3) is 0.231. The molecule has 94 valence electrons. The van der Waals surface area contributed by atoms with Gasteiger partial charge >= 0.3 is 0 Å². The number of rotatable bonds is 4. The summed E-state index contributed by atoms with van der Waals surface area (Å²) in [6.45, 7) is 2.30. The first kappa shape index (κ1) is 12.2. The van der Waals surface area contributed by atoms with Gasteiger partial charge in [-0.2, -0.15) is 0 Å². The second kappa shape index (κ2) is 5.35. The van der Waals surface area contributed by atoms with Crippen molar-refractivity contribution in [3.05, 3.63) is 36.0 Å². The molecule has 1 heterocycles. The number of hydrogen-bond donors (Lipinski definition) is 3. The minimum Gasteiger partial charge on any atom is -0.361 e. The van der Waals surface area contributed by atoms with Crippen LogP contribution >= 0.6 is 0 Å². The van der Waals surface area contributed by atoms with Gasteiger partial charge in [0.1, 0.15) is 0 Å². The van der Waals surface area contributed by atoms with Crippen molar-refractivity contribution >= 4 is 22.7 Å². The van der Waals surface area contributed by atoms with Gasteiger partial charge in [-0.25, -0.2) is 0 Å². The summed E-state index contributed by atoms with van der Waals surface area (Å²) < 4.78 is 0. The molecular weight excluding hydrogens is 230 g/mol. The number of fused-ring (bicyclic) bond motifs is 1. The highest BCUT2D eigenvalue weighted by molar-refractivity contribution is 5.97. The van der Waals surface area contributed by atoms with Gasteiger partial charge in [0.25, 0.3) is 5.91 Å². The second-order valence-electron chi connectivity index (χ2n) is 4.02. The first-order valence-corrected chi connectivity index (χ1v) is 5.76. The van der Waals surface area contributed by atoms with Crippen molar-refractivity contribution in [2.24, 2.45) is 0 Å². The van der Waals surface area contributed by atoms with E-state index >= 15 is 0 Å². The fourth-order valence-corrected chi connectivity index (χ4v) is 1.71. The molecule has 5 heteroatoms. The van der Waals surface area contributed by atoms with E-state index in [4.69, 9.17) is 0 Å². The highest BCUT2D eigenvalue weighted by Crippen LogP contribution is 2.13. The fourth-order valence-electron chi connectivity index (χ4n) is 1.71. The highest BCUT2D eigenvalue weighted by atomic mass is 16.2. The topological polar surface area (TPSA) is 74.0 Å². The van der Waals surface area contributed by atoms with Gasteiger partial charge in [-0.15, -0.1) is 0 Å². The van der Waals surface area contributed by atoms with E-state index in [-0.39, 0.29) is 11.8 Å². The molecule has 0 saturated carbocycles. The maximum absolute atomic E-state index is 11.8. The highest BCUT2D eigenvalue weighted by Gasteiger charge is 2.05. The summed E-state index contributed by atoms with van der Waals surface area (Å²) in [6, 6.07) is 7.44. The summed E-state index contributed by atoms with van der Waals surface area (Å²) in [5.74, 6) is -0.242. The molecule has 2 amide bonds. The number of benzene rings is 1. The maximum atomic E-state index is 11.8. The molecule has 2 rings (SSSR count). The number of hydrogen-bond acceptors (Lipinski definition) is 2. The van der Waals surface area contributed by atoms with Crippen LogP contribution in [0.4, 0.5) is 0 Å². The van der Waals surface area contributed by atoms with Crippen molar-refractivity contribution in [3.8, 4) is 0 Å². The van der Waals surface area contributed by atoms with Gasteiger partial charge in [-0.3, -0.25) is 9.59 Å². The number of carbonyl (C=O) groups is 2. The molecule has 0 aliphatic heterocycles. The molecule has 2 aromatic rings. The summed E-state index contributed by atoms with van der Waals surface area (Å²) in [6.07, 6.45) is 1.84. The van der Waals surface area contributed by atoms with Crippen LogP contribution < -0.4 is 10.6 Å². The Hall–Kier alpha value is -2.30. The van der Waals surface area contributed by atoms with E-state index in [9.17, 15) is 9.59 Å². The Morgan fingerprint density at radius 2 is 1.94 bits per heavy atom. The summed E-state index contributed by atoms with van der Waals surface area (Å²) in [5.41, 5.74) is 1.54. The van der Waals surface area contributed by atoms with Crippen molar-refractivity contribution < 1.29 is 9.59 Å². The van der Waals surface area contributed by atoms with E-state index in [1.165, 1.54) is 6.92 Å². The molecule has 0 spiro atoms. The third-order valence-corrected chi connectivity index (χ3v) is 2.60. The van der Waals surface area contributed by atoms with E-state index in [1.807, 2.05) is 24.4 Å². The normalized spacial score (nSPS) is 10.3. The van der Waals surface area contributed by atoms with Gasteiger partial charge in [-0.1, -0.05) is 6.07 Å². The molecule has 0 unspecified atom stereocenters. The zero-order chi connectivity index (χ0) is 13.0. The van der Waals surface area contributed by atoms with Crippen molar-refractivity contribution in [1.29, 1.82) is 0 Å². The molecule has 3 N–H and O–H groups in total. The molecule has 0 aliphatic rings. The molecule has 0 atom stereocenters. The van der Waals surface area contributed by atoms with Crippen LogP contribution in [0.15, 0.2) is 30.5 Å². The number of carbonyl (C=O) groups excluding carboxylic acids is 2. The average Bonchev–Trinajstić information content (AvgIpc) is 2.81. The van der Waals surface area contributed by atoms with Gasteiger partial charge in [0.2, 0.25) is 5.91 Å². The van der Waals surface area contributed by atoms with Gasteiger partial charge in [-0.05, 0) is 23.6 Å². The van der Waals surface area contributed by atoms with E-state index in [2.05, 4.69) is 15.6 Å². The van der Waals surface area contributed by atoms with Crippen molar-refractivity contribution in [2.75, 3.05) is 13.1 Å². The molecule has 0 radical (unpaired) electrons. The van der Waals surface area contributed by atoms with E-state index in [1.54, 1.807) is 6.07 Å². The third-order valence-electron chi connectivity index (χ3n) is 2.60. The molecular formula is C13H15N3O2. The van der Waals surface area contributed by atoms with Gasteiger partial charge in [0, 0.05) is 37.3 Å². The van der Waals surface area contributed by atoms with Crippen LogP contribution in [0.25, 0.3) is 10.9 Å². The van der Waals surface area contributed by atoms with Gasteiger partial charge in [0.05, 0.1) is 0 Å². The SMILES string of the molecule is CC(=O)NCCNC(=O)c1ccc2cc[nH]c2c1. The predicted molar refractivity (Wildman–Crippen MR) is 69.3 cm³/mol. The van der Waals surface area contributed by atoms with Crippen LogP contribution in [0, 0.1) is 0 Å². The first-order chi connectivity index (χ1) is 8.66. The van der Waals surface area contributed by atoms with Crippen LogP contribution in [-0.2, 0) is 4.79 Å². The summed E-state index contributed by atoms with van der Waals surface area (Å²) >= 11 is 0. The van der Waals surface area contributed by atoms with Crippen LogP contribution in [-0.4, -0.2) is 29.9 Å². The second-order valence-corrected chi connectivity index (χ2v) is 4.02. The lowest BCUT2D eigenvalue weighted by Gasteiger charge is -2.05. The zero-order valence-corrected chi connectivity index (χ0v) is 10.1. The molecule has 5 nitrogen and oxygen atoms in total. The van der Waals surface area contributed by atoms with Crippen molar-refractivity contribution in [2.45, 2.75) is 6.92 Å². The van der Waals surface area contributed by atoms with Crippen LogP contribution in [0.2, 0.25) is 0 Å². The lowest BCUT2D eigenvalue weighted by molar-refractivity contribution is -0.118. The smallest absolute Gasteiger partial charge is 0.251 e. The van der Waals surface area contributed by atoms with Crippen LogP contribution in [0.5, 0.6) is 0 Å². The summed E-state index contributed by atoms with van der Waals surface area (Å²) in [4.78, 5) is 25.5. The van der Waals surface area contributed by atoms with Crippen molar-refractivity contribution in [3.63, 3.8) is 0 Å². The standard InChI is InChI=1S/C13H15N3O2/c1-9(17)14-6-7-16-13(18)11-3-2-10-4-5-15-12(10)8-11/h2-5,8,15H,6-7H2,1H3,(H,14,17)(H,16,18).